The third-order valence-corrected chi connectivity index (χ3v) is 3.81. The average molecular weight is 465 g/mol. The van der Waals surface area contributed by atoms with Crippen LogP contribution in [0.2, 0.25) is 5.02 Å². The van der Waals surface area contributed by atoms with Crippen LogP contribution in [0.1, 0.15) is 26.4 Å². The van der Waals surface area contributed by atoms with Crippen LogP contribution < -0.4 is 10.6 Å². The van der Waals surface area contributed by atoms with E-state index in [1.165, 1.54) is 6.07 Å². The first-order valence-corrected chi connectivity index (χ1v) is 8.00. The van der Waals surface area contributed by atoms with Gasteiger partial charge in [-0.3, -0.25) is 19.7 Å². The number of benzene rings is 1. The third kappa shape index (κ3) is 6.11. The largest absolute Gasteiger partial charge is 0.347 e. The number of aromatic amines is 1. The quantitative estimate of drug-likeness (QED) is 0.501. The number of anilines is 1. The van der Waals surface area contributed by atoms with Crippen LogP contribution in [-0.4, -0.2) is 27.0 Å². The lowest BCUT2D eigenvalue weighted by molar-refractivity contribution is 0.0945. The Bertz CT molecular complexity index is 1000. The molecule has 0 radical (unpaired) electrons. The summed E-state index contributed by atoms with van der Waals surface area (Å²) in [4.78, 5) is 28.2. The summed E-state index contributed by atoms with van der Waals surface area (Å²) in [6.07, 6.45) is 3.23. The number of halogens is 5. The maximum Gasteiger partial charge on any atom is 0.269 e. The van der Waals surface area contributed by atoms with E-state index in [0.717, 1.165) is 5.56 Å². The lowest BCUT2D eigenvalue weighted by Crippen LogP contribution is -2.23. The van der Waals surface area contributed by atoms with Crippen molar-refractivity contribution in [2.24, 2.45) is 0 Å². The van der Waals surface area contributed by atoms with Crippen molar-refractivity contribution in [2.45, 2.75) is 6.54 Å². The number of carbonyl (C=O) groups excluding carboxylic acids is 2. The van der Waals surface area contributed by atoms with Crippen LogP contribution in [0, 0.1) is 11.6 Å². The summed E-state index contributed by atoms with van der Waals surface area (Å²) in [6.45, 7) is 0.262. The Morgan fingerprint density at radius 2 is 1.83 bits per heavy atom. The number of amides is 2. The van der Waals surface area contributed by atoms with E-state index in [9.17, 15) is 18.4 Å². The molecule has 2 heterocycles. The minimum absolute atomic E-state index is 0. The molecule has 0 saturated heterocycles. The topological polar surface area (TPSA) is 99.8 Å². The second-order valence-corrected chi connectivity index (χ2v) is 5.82. The molecule has 29 heavy (non-hydrogen) atoms. The van der Waals surface area contributed by atoms with Crippen molar-refractivity contribution in [1.29, 1.82) is 0 Å². The number of nitrogens with zero attached hydrogens (tertiary/aromatic N) is 2. The number of rotatable bonds is 5. The highest BCUT2D eigenvalue weighted by Gasteiger charge is 2.17. The SMILES string of the molecule is Cl.Cl.O=C(NCc1cccnc1)c1cc(NC(=O)c2cc(F)c(F)cc2Cl)n[nH]1. The van der Waals surface area contributed by atoms with E-state index in [-0.39, 0.29) is 53.5 Å². The molecule has 0 unspecified atom stereocenters. The highest BCUT2D eigenvalue weighted by atomic mass is 35.5. The first kappa shape index (κ1) is 24.3. The van der Waals surface area contributed by atoms with Crippen molar-refractivity contribution in [1.82, 2.24) is 20.5 Å². The molecule has 3 aromatic rings. The summed E-state index contributed by atoms with van der Waals surface area (Å²) < 4.78 is 26.4. The molecule has 0 fully saturated rings. The summed E-state index contributed by atoms with van der Waals surface area (Å²) in [5.74, 6) is -3.59. The molecule has 0 aliphatic heterocycles. The van der Waals surface area contributed by atoms with Crippen LogP contribution >= 0.6 is 36.4 Å². The molecule has 2 aromatic heterocycles. The predicted octanol–water partition coefficient (Wildman–Crippen LogP) is 3.76. The van der Waals surface area contributed by atoms with E-state index >= 15 is 0 Å². The van der Waals surface area contributed by atoms with Crippen molar-refractivity contribution < 1.29 is 18.4 Å². The fraction of sp³-hybridized carbons (Fsp3) is 0.0588. The molecule has 0 bridgehead atoms. The van der Waals surface area contributed by atoms with Gasteiger partial charge in [-0.05, 0) is 23.8 Å². The molecule has 0 atom stereocenters. The van der Waals surface area contributed by atoms with Crippen LogP contribution in [0.15, 0.2) is 42.7 Å². The summed E-state index contributed by atoms with van der Waals surface area (Å²) in [6, 6.07) is 6.23. The molecule has 0 aliphatic carbocycles. The van der Waals surface area contributed by atoms with Gasteiger partial charge in [-0.15, -0.1) is 24.8 Å². The van der Waals surface area contributed by atoms with Gasteiger partial charge >= 0.3 is 0 Å². The second kappa shape index (κ2) is 10.7. The van der Waals surface area contributed by atoms with Gasteiger partial charge in [0.1, 0.15) is 5.69 Å². The Hall–Kier alpha value is -2.75. The van der Waals surface area contributed by atoms with Crippen LogP contribution in [0.4, 0.5) is 14.6 Å². The van der Waals surface area contributed by atoms with Gasteiger partial charge in [0, 0.05) is 25.0 Å². The number of hydrogen-bond donors (Lipinski definition) is 3. The van der Waals surface area contributed by atoms with Gasteiger partial charge in [0.25, 0.3) is 11.8 Å². The number of aromatic nitrogens is 3. The van der Waals surface area contributed by atoms with E-state index in [4.69, 9.17) is 11.6 Å². The zero-order valence-electron chi connectivity index (χ0n) is 14.4. The minimum Gasteiger partial charge on any atom is -0.347 e. The molecule has 1 aromatic carbocycles. The fourth-order valence-electron chi connectivity index (χ4n) is 2.16. The van der Waals surface area contributed by atoms with Gasteiger partial charge in [-0.1, -0.05) is 17.7 Å². The first-order chi connectivity index (χ1) is 12.9. The lowest BCUT2D eigenvalue weighted by Gasteiger charge is -2.05. The number of H-pyrrole nitrogens is 1. The normalized spacial score (nSPS) is 9.76. The molecular formula is C17H14Cl3F2N5O2. The Kier molecular flexibility index (Phi) is 8.96. The number of hydrogen-bond acceptors (Lipinski definition) is 4. The monoisotopic (exact) mass is 463 g/mol. The number of carbonyl (C=O) groups is 2. The van der Waals surface area contributed by atoms with Gasteiger partial charge in [0.05, 0.1) is 10.6 Å². The Labute approximate surface area is 181 Å². The molecule has 12 heteroatoms. The third-order valence-electron chi connectivity index (χ3n) is 3.49. The summed E-state index contributed by atoms with van der Waals surface area (Å²) in [7, 11) is 0. The van der Waals surface area contributed by atoms with E-state index in [1.807, 2.05) is 0 Å². The molecule has 0 spiro atoms. The summed E-state index contributed by atoms with van der Waals surface area (Å²) >= 11 is 5.75. The zero-order valence-corrected chi connectivity index (χ0v) is 16.8. The van der Waals surface area contributed by atoms with Crippen LogP contribution in [-0.2, 0) is 6.54 Å². The maximum atomic E-state index is 13.3. The molecule has 3 N–H and O–H groups in total. The van der Waals surface area contributed by atoms with E-state index in [0.29, 0.717) is 12.1 Å². The molecule has 2 amide bonds. The number of nitrogens with one attached hydrogen (secondary N) is 3. The standard InChI is InChI=1S/C17H12ClF2N5O2.2ClH/c18-11-5-13(20)12(19)4-10(11)16(26)23-15-6-14(24-25-15)17(27)22-8-9-2-1-3-21-7-9;;/h1-7H,8H2,(H,22,27)(H2,23,24,25,26);2*1H. The predicted molar refractivity (Wildman–Crippen MR) is 108 cm³/mol. The van der Waals surface area contributed by atoms with Crippen LogP contribution in [0.25, 0.3) is 0 Å². The lowest BCUT2D eigenvalue weighted by atomic mass is 10.2. The van der Waals surface area contributed by atoms with Crippen molar-refractivity contribution in [3.63, 3.8) is 0 Å². The summed E-state index contributed by atoms with van der Waals surface area (Å²) in [5.41, 5.74) is 0.651. The average Bonchev–Trinajstić information content (AvgIpc) is 3.12. The Balaban J connectivity index is 0.00000210. The minimum atomic E-state index is -1.21. The van der Waals surface area contributed by atoms with Gasteiger partial charge in [0.15, 0.2) is 17.5 Å². The van der Waals surface area contributed by atoms with Gasteiger partial charge in [-0.25, -0.2) is 8.78 Å². The fourth-order valence-corrected chi connectivity index (χ4v) is 2.40. The first-order valence-electron chi connectivity index (χ1n) is 7.62. The van der Waals surface area contributed by atoms with Crippen LogP contribution in [0.5, 0.6) is 0 Å². The van der Waals surface area contributed by atoms with E-state index < -0.39 is 23.4 Å². The van der Waals surface area contributed by atoms with Crippen LogP contribution in [0.3, 0.4) is 0 Å². The number of pyridine rings is 1. The molecule has 3 rings (SSSR count). The van der Waals surface area contributed by atoms with Crippen molar-refractivity contribution in [3.8, 4) is 0 Å². The maximum absolute atomic E-state index is 13.3. The zero-order chi connectivity index (χ0) is 19.4. The van der Waals surface area contributed by atoms with Crippen molar-refractivity contribution in [3.05, 3.63) is 76.2 Å². The summed E-state index contributed by atoms with van der Waals surface area (Å²) in [5, 5.41) is 11.0. The molecule has 0 aliphatic rings. The van der Waals surface area contributed by atoms with E-state index in [2.05, 4.69) is 25.8 Å². The van der Waals surface area contributed by atoms with Gasteiger partial charge in [-0.2, -0.15) is 5.10 Å². The Morgan fingerprint density at radius 1 is 1.10 bits per heavy atom. The second-order valence-electron chi connectivity index (χ2n) is 5.41. The molecular weight excluding hydrogens is 451 g/mol. The molecule has 7 nitrogen and oxygen atoms in total. The molecule has 0 saturated carbocycles. The molecule has 154 valence electrons. The van der Waals surface area contributed by atoms with Crippen molar-refractivity contribution >= 4 is 54.0 Å². The highest BCUT2D eigenvalue weighted by molar-refractivity contribution is 6.34. The van der Waals surface area contributed by atoms with Gasteiger partial charge in [0.2, 0.25) is 0 Å². The highest BCUT2D eigenvalue weighted by Crippen LogP contribution is 2.21. The Morgan fingerprint density at radius 3 is 2.52 bits per heavy atom. The van der Waals surface area contributed by atoms with Crippen molar-refractivity contribution in [2.75, 3.05) is 5.32 Å². The smallest absolute Gasteiger partial charge is 0.269 e. The van der Waals surface area contributed by atoms with Gasteiger partial charge < -0.3 is 10.6 Å². The van der Waals surface area contributed by atoms with E-state index in [1.54, 1.807) is 24.5 Å².